The lowest BCUT2D eigenvalue weighted by atomic mass is 9.94. The highest BCUT2D eigenvalue weighted by molar-refractivity contribution is 5.88. The molecule has 8 heteroatoms. The maximum atomic E-state index is 13.2. The van der Waals surface area contributed by atoms with E-state index < -0.39 is 23.4 Å². The summed E-state index contributed by atoms with van der Waals surface area (Å²) < 4.78 is 40.6. The van der Waals surface area contributed by atoms with Crippen LogP contribution in [0.15, 0.2) is 79.0 Å². The van der Waals surface area contributed by atoms with E-state index in [1.165, 1.54) is 16.8 Å². The molecule has 0 saturated carbocycles. The highest BCUT2D eigenvalue weighted by atomic mass is 19.4. The molecule has 0 aliphatic heterocycles. The summed E-state index contributed by atoms with van der Waals surface area (Å²) >= 11 is 0. The molecule has 1 aromatic heterocycles. The van der Waals surface area contributed by atoms with Crippen molar-refractivity contribution < 1.29 is 23.1 Å². The van der Waals surface area contributed by atoms with Crippen LogP contribution in [0, 0.1) is 0 Å². The number of hydrogen-bond donors (Lipinski definition) is 1. The molecular weight excluding hydrogens is 527 g/mol. The average Bonchev–Trinajstić information content (AvgIpc) is 3.38. The van der Waals surface area contributed by atoms with Crippen LogP contribution in [0.4, 0.5) is 18.9 Å². The quantitative estimate of drug-likeness (QED) is 0.198. The van der Waals surface area contributed by atoms with E-state index in [0.29, 0.717) is 17.5 Å². The predicted octanol–water partition coefficient (Wildman–Crippen LogP) is 8.63. The zero-order valence-electron chi connectivity index (χ0n) is 23.8. The Hall–Kier alpha value is -4.07. The summed E-state index contributed by atoms with van der Waals surface area (Å²) in [5, 5.41) is 12.6. The van der Waals surface area contributed by atoms with Crippen molar-refractivity contribution in [3.05, 3.63) is 107 Å². The molecule has 4 aromatic rings. The van der Waals surface area contributed by atoms with E-state index in [9.17, 15) is 18.0 Å². The zero-order valence-corrected chi connectivity index (χ0v) is 23.8. The molecule has 0 aliphatic rings. The van der Waals surface area contributed by atoms with Gasteiger partial charge in [-0.05, 0) is 78.6 Å². The molecule has 0 bridgehead atoms. The number of carbonyl (C=O) groups is 1. The first-order valence-corrected chi connectivity index (χ1v) is 13.9. The van der Waals surface area contributed by atoms with Crippen LogP contribution in [0.5, 0.6) is 0 Å². The zero-order chi connectivity index (χ0) is 29.7. The second-order valence-electron chi connectivity index (χ2n) is 10.6. The van der Waals surface area contributed by atoms with Crippen molar-refractivity contribution in [2.45, 2.75) is 71.8 Å². The lowest BCUT2D eigenvalue weighted by Crippen LogP contribution is -2.30. The van der Waals surface area contributed by atoms with Crippen molar-refractivity contribution in [1.82, 2.24) is 9.78 Å². The van der Waals surface area contributed by atoms with Gasteiger partial charge in [0.1, 0.15) is 5.56 Å². The van der Waals surface area contributed by atoms with Crippen LogP contribution in [0.1, 0.15) is 79.2 Å². The van der Waals surface area contributed by atoms with Crippen LogP contribution in [0.2, 0.25) is 0 Å². The van der Waals surface area contributed by atoms with Crippen molar-refractivity contribution in [3.8, 4) is 11.1 Å². The summed E-state index contributed by atoms with van der Waals surface area (Å²) in [7, 11) is 0. The molecule has 5 nitrogen and oxygen atoms in total. The number of halogens is 3. The third-order valence-corrected chi connectivity index (χ3v) is 7.48. The number of rotatable bonds is 11. The van der Waals surface area contributed by atoms with E-state index >= 15 is 0 Å². The Balaban J connectivity index is 1.50. The number of carboxylic acids is 1. The van der Waals surface area contributed by atoms with E-state index in [-0.39, 0.29) is 6.54 Å². The Morgan fingerprint density at radius 3 is 2.12 bits per heavy atom. The van der Waals surface area contributed by atoms with Crippen molar-refractivity contribution in [2.75, 3.05) is 4.90 Å². The molecule has 3 aromatic carbocycles. The highest BCUT2D eigenvalue weighted by Gasteiger charge is 2.39. The number of hydrogen-bond acceptors (Lipinski definition) is 3. The molecule has 0 saturated heterocycles. The molecule has 1 N–H and O–H groups in total. The largest absolute Gasteiger partial charge is 0.478 e. The summed E-state index contributed by atoms with van der Waals surface area (Å²) in [6.45, 7) is 9.61. The van der Waals surface area contributed by atoms with E-state index in [0.717, 1.165) is 41.4 Å². The van der Waals surface area contributed by atoms with Gasteiger partial charge in [-0.25, -0.2) is 4.79 Å². The molecular formula is C33H36F3N3O2. The molecule has 41 heavy (non-hydrogen) atoms. The van der Waals surface area contributed by atoms with Crippen LogP contribution in [-0.4, -0.2) is 26.9 Å². The summed E-state index contributed by atoms with van der Waals surface area (Å²) in [5.41, 5.74) is 4.20. The van der Waals surface area contributed by atoms with Gasteiger partial charge in [0.05, 0.1) is 6.54 Å². The van der Waals surface area contributed by atoms with Gasteiger partial charge < -0.3 is 10.0 Å². The second-order valence-corrected chi connectivity index (χ2v) is 10.6. The van der Waals surface area contributed by atoms with Gasteiger partial charge in [-0.2, -0.15) is 18.3 Å². The summed E-state index contributed by atoms with van der Waals surface area (Å²) in [6.07, 6.45) is -1.66. The molecule has 216 valence electrons. The van der Waals surface area contributed by atoms with Gasteiger partial charge in [0.2, 0.25) is 0 Å². The Morgan fingerprint density at radius 1 is 0.927 bits per heavy atom. The molecule has 0 atom stereocenters. The van der Waals surface area contributed by atoms with Gasteiger partial charge in [0.15, 0.2) is 5.69 Å². The van der Waals surface area contributed by atoms with Gasteiger partial charge in [-0.3, -0.25) is 4.68 Å². The molecule has 1 heterocycles. The average molecular weight is 564 g/mol. The van der Waals surface area contributed by atoms with Gasteiger partial charge in [-0.15, -0.1) is 0 Å². The number of alkyl halides is 3. The Labute approximate surface area is 239 Å². The third-order valence-electron chi connectivity index (χ3n) is 7.48. The number of aromatic carboxylic acids is 1. The molecule has 0 aliphatic carbocycles. The Kier molecular flexibility index (Phi) is 9.21. The smallest absolute Gasteiger partial charge is 0.436 e. The maximum Gasteiger partial charge on any atom is 0.436 e. The lowest BCUT2D eigenvalue weighted by molar-refractivity contribution is -0.142. The molecule has 0 radical (unpaired) electrons. The molecule has 0 spiro atoms. The standard InChI is InChI=1S/C33H36F3N3O2/c1-5-25(6-2)26-14-16-29(17-15-26)39(22(3)4)20-24-8-7-9-28(18-24)27-12-10-23(11-13-27)19-38-21-30(32(40)41)31(37-38)33(34,35)36/h7-18,21-22,25H,5-6,19-20H2,1-4H3,(H,40,41). The highest BCUT2D eigenvalue weighted by Crippen LogP contribution is 2.31. The van der Waals surface area contributed by atoms with Crippen LogP contribution < -0.4 is 4.90 Å². The first kappa shape index (κ1) is 29.9. The van der Waals surface area contributed by atoms with E-state index in [4.69, 9.17) is 5.11 Å². The van der Waals surface area contributed by atoms with Gasteiger partial charge in [-0.1, -0.05) is 68.4 Å². The van der Waals surface area contributed by atoms with Crippen molar-refractivity contribution in [1.29, 1.82) is 0 Å². The fourth-order valence-corrected chi connectivity index (χ4v) is 5.17. The Bertz CT molecular complexity index is 1450. The number of anilines is 1. The molecule has 0 amide bonds. The molecule has 0 fully saturated rings. The Morgan fingerprint density at radius 2 is 1.59 bits per heavy atom. The van der Waals surface area contributed by atoms with Gasteiger partial charge in [0, 0.05) is 24.5 Å². The number of nitrogens with zero attached hydrogens (tertiary/aromatic N) is 3. The minimum absolute atomic E-state index is 0.0239. The van der Waals surface area contributed by atoms with Gasteiger partial charge in [0.25, 0.3) is 0 Å². The summed E-state index contributed by atoms with van der Waals surface area (Å²) in [6, 6.07) is 25.0. The van der Waals surface area contributed by atoms with E-state index in [1.54, 1.807) is 0 Å². The van der Waals surface area contributed by atoms with Crippen LogP contribution >= 0.6 is 0 Å². The monoisotopic (exact) mass is 563 g/mol. The minimum Gasteiger partial charge on any atom is -0.478 e. The predicted molar refractivity (Wildman–Crippen MR) is 156 cm³/mol. The molecule has 0 unspecified atom stereocenters. The van der Waals surface area contributed by atoms with E-state index in [1.807, 2.05) is 36.4 Å². The summed E-state index contributed by atoms with van der Waals surface area (Å²) in [4.78, 5) is 13.6. The fourth-order valence-electron chi connectivity index (χ4n) is 5.17. The molecule has 4 rings (SSSR count). The lowest BCUT2D eigenvalue weighted by Gasteiger charge is -2.30. The normalized spacial score (nSPS) is 11.8. The minimum atomic E-state index is -4.84. The van der Waals surface area contributed by atoms with Crippen molar-refractivity contribution in [3.63, 3.8) is 0 Å². The second kappa shape index (κ2) is 12.6. The van der Waals surface area contributed by atoms with Crippen molar-refractivity contribution in [2.24, 2.45) is 0 Å². The third kappa shape index (κ3) is 7.17. The fraction of sp³-hybridized carbons (Fsp3) is 0.333. The first-order valence-electron chi connectivity index (χ1n) is 13.9. The number of carboxylic acid groups (broad SMARTS) is 1. The van der Waals surface area contributed by atoms with Crippen LogP contribution in [0.3, 0.4) is 0 Å². The van der Waals surface area contributed by atoms with Crippen LogP contribution in [-0.2, 0) is 19.3 Å². The summed E-state index contributed by atoms with van der Waals surface area (Å²) in [5.74, 6) is -1.08. The number of benzene rings is 3. The number of aromatic nitrogens is 2. The van der Waals surface area contributed by atoms with Crippen molar-refractivity contribution >= 4 is 11.7 Å². The van der Waals surface area contributed by atoms with Gasteiger partial charge >= 0.3 is 12.1 Å². The topological polar surface area (TPSA) is 58.4 Å². The SMILES string of the molecule is CCC(CC)c1ccc(N(Cc2cccc(-c3ccc(Cn4cc(C(=O)O)c(C(F)(F)F)n4)cc3)c2)C(C)C)cc1. The first-order chi connectivity index (χ1) is 19.5. The van der Waals surface area contributed by atoms with Crippen LogP contribution in [0.25, 0.3) is 11.1 Å². The maximum absolute atomic E-state index is 13.2. The van der Waals surface area contributed by atoms with E-state index in [2.05, 4.69) is 74.1 Å².